The minimum absolute atomic E-state index is 0.472. The third-order valence-electron chi connectivity index (χ3n) is 1.37. The average molecular weight is 199 g/mol. The average Bonchev–Trinajstić information content (AvgIpc) is 2.02. The molecule has 0 amide bonds. The molecule has 0 atom stereocenters. The molecule has 0 N–H and O–H groups in total. The van der Waals surface area contributed by atoms with Crippen LogP contribution in [0.3, 0.4) is 0 Å². The van der Waals surface area contributed by atoms with Crippen LogP contribution in [0, 0.1) is 5.95 Å². The Morgan fingerprint density at radius 3 is 2.54 bits per heavy atom. The van der Waals surface area contributed by atoms with Gasteiger partial charge in [0.1, 0.15) is 5.75 Å². The van der Waals surface area contributed by atoms with E-state index >= 15 is 0 Å². The maximum atomic E-state index is 12.4. The standard InChI is InChI=1S/C9H14FNOSi/c1-13(2,3)7-12-8-4-5-9(10)11-6-8/h4-6H,7H2,1-3H3. The molecule has 0 bridgehead atoms. The lowest BCUT2D eigenvalue weighted by atomic mass is 10.5. The van der Waals surface area contributed by atoms with Gasteiger partial charge in [-0.05, 0) is 12.1 Å². The van der Waals surface area contributed by atoms with Crippen LogP contribution >= 0.6 is 0 Å². The first-order chi connectivity index (χ1) is 5.97. The summed E-state index contributed by atoms with van der Waals surface area (Å²) < 4.78 is 17.9. The third kappa shape index (κ3) is 4.03. The third-order valence-corrected chi connectivity index (χ3v) is 2.38. The molecule has 0 aromatic carbocycles. The van der Waals surface area contributed by atoms with Gasteiger partial charge in [-0.3, -0.25) is 0 Å². The Labute approximate surface area is 78.8 Å². The van der Waals surface area contributed by atoms with Gasteiger partial charge in [-0.1, -0.05) is 19.6 Å². The van der Waals surface area contributed by atoms with Crippen molar-refractivity contribution in [2.24, 2.45) is 0 Å². The Balaban J connectivity index is 2.51. The van der Waals surface area contributed by atoms with E-state index in [-0.39, 0.29) is 0 Å². The predicted octanol–water partition coefficient (Wildman–Crippen LogP) is 2.48. The molecule has 2 nitrogen and oxygen atoms in total. The van der Waals surface area contributed by atoms with E-state index in [1.807, 2.05) is 0 Å². The second-order valence-corrected chi connectivity index (χ2v) is 9.58. The molecule has 1 aromatic rings. The highest BCUT2D eigenvalue weighted by atomic mass is 28.3. The van der Waals surface area contributed by atoms with E-state index < -0.39 is 14.0 Å². The molecule has 1 aromatic heterocycles. The smallest absolute Gasteiger partial charge is 0.213 e. The fraction of sp³-hybridized carbons (Fsp3) is 0.444. The van der Waals surface area contributed by atoms with Crippen molar-refractivity contribution in [1.82, 2.24) is 4.98 Å². The molecule has 0 saturated carbocycles. The quantitative estimate of drug-likeness (QED) is 0.551. The van der Waals surface area contributed by atoms with Gasteiger partial charge in [0.25, 0.3) is 0 Å². The summed E-state index contributed by atoms with van der Waals surface area (Å²) in [5.41, 5.74) is 0. The summed E-state index contributed by atoms with van der Waals surface area (Å²) in [5.74, 6) is 0.171. The maximum Gasteiger partial charge on any atom is 0.213 e. The number of aromatic nitrogens is 1. The van der Waals surface area contributed by atoms with Gasteiger partial charge < -0.3 is 4.74 Å². The van der Waals surface area contributed by atoms with E-state index in [0.29, 0.717) is 5.75 Å². The lowest BCUT2D eigenvalue weighted by Crippen LogP contribution is -2.30. The second-order valence-electron chi connectivity index (χ2n) is 4.17. The number of halogens is 1. The van der Waals surface area contributed by atoms with Crippen molar-refractivity contribution >= 4 is 8.07 Å². The van der Waals surface area contributed by atoms with E-state index in [4.69, 9.17) is 4.74 Å². The Morgan fingerprint density at radius 1 is 1.38 bits per heavy atom. The number of ether oxygens (including phenoxy) is 1. The zero-order valence-corrected chi connectivity index (χ0v) is 9.17. The summed E-state index contributed by atoms with van der Waals surface area (Å²) in [6.07, 6.45) is 2.15. The van der Waals surface area contributed by atoms with Crippen LogP contribution in [0.4, 0.5) is 4.39 Å². The fourth-order valence-electron chi connectivity index (χ4n) is 0.747. The molecule has 0 fully saturated rings. The van der Waals surface area contributed by atoms with Crippen molar-refractivity contribution in [2.75, 3.05) is 6.23 Å². The minimum Gasteiger partial charge on any atom is -0.496 e. The summed E-state index contributed by atoms with van der Waals surface area (Å²) in [6, 6.07) is 2.90. The lowest BCUT2D eigenvalue weighted by Gasteiger charge is -2.16. The SMILES string of the molecule is C[Si](C)(C)COc1ccc(F)nc1. The largest absolute Gasteiger partial charge is 0.496 e. The van der Waals surface area contributed by atoms with Crippen molar-refractivity contribution in [3.8, 4) is 5.75 Å². The summed E-state index contributed by atoms with van der Waals surface area (Å²) >= 11 is 0. The van der Waals surface area contributed by atoms with Gasteiger partial charge in [-0.15, -0.1) is 0 Å². The van der Waals surface area contributed by atoms with Crippen molar-refractivity contribution in [3.05, 3.63) is 24.3 Å². The van der Waals surface area contributed by atoms with Crippen LogP contribution in [0.15, 0.2) is 18.3 Å². The van der Waals surface area contributed by atoms with Gasteiger partial charge in [0.15, 0.2) is 0 Å². The van der Waals surface area contributed by atoms with E-state index in [1.165, 1.54) is 12.3 Å². The molecule has 1 heterocycles. The first-order valence-corrected chi connectivity index (χ1v) is 7.92. The van der Waals surface area contributed by atoms with Crippen molar-refractivity contribution in [3.63, 3.8) is 0 Å². The van der Waals surface area contributed by atoms with Crippen LogP contribution in [0.25, 0.3) is 0 Å². The monoisotopic (exact) mass is 199 g/mol. The summed E-state index contributed by atoms with van der Waals surface area (Å²) in [5, 5.41) is 0. The fourth-order valence-corrected chi connectivity index (χ4v) is 1.35. The van der Waals surface area contributed by atoms with Gasteiger partial charge in [0.05, 0.1) is 20.5 Å². The molecular weight excluding hydrogens is 185 g/mol. The molecule has 0 unspecified atom stereocenters. The van der Waals surface area contributed by atoms with Gasteiger partial charge >= 0.3 is 0 Å². The summed E-state index contributed by atoms with van der Waals surface area (Å²) in [4.78, 5) is 3.50. The molecule has 0 aliphatic carbocycles. The van der Waals surface area contributed by atoms with Gasteiger partial charge in [0.2, 0.25) is 5.95 Å². The molecule has 0 radical (unpaired) electrons. The van der Waals surface area contributed by atoms with Crippen LogP contribution in [0.5, 0.6) is 5.75 Å². The molecule has 0 aliphatic rings. The Morgan fingerprint density at radius 2 is 2.08 bits per heavy atom. The number of hydrogen-bond acceptors (Lipinski definition) is 2. The Hall–Kier alpha value is -0.903. The van der Waals surface area contributed by atoms with Crippen LogP contribution in [-0.4, -0.2) is 19.3 Å². The normalized spacial score (nSPS) is 11.4. The van der Waals surface area contributed by atoms with Crippen molar-refractivity contribution < 1.29 is 9.13 Å². The van der Waals surface area contributed by atoms with E-state index in [9.17, 15) is 4.39 Å². The van der Waals surface area contributed by atoms with Crippen LogP contribution in [-0.2, 0) is 0 Å². The molecule has 1 rings (SSSR count). The molecule has 0 saturated heterocycles. The molecular formula is C9H14FNOSi. The Kier molecular flexibility index (Phi) is 3.03. The molecule has 72 valence electrons. The molecule has 13 heavy (non-hydrogen) atoms. The number of pyridine rings is 1. The summed E-state index contributed by atoms with van der Waals surface area (Å²) in [6.45, 7) is 6.64. The van der Waals surface area contributed by atoms with Crippen molar-refractivity contribution in [2.45, 2.75) is 19.6 Å². The summed E-state index contributed by atoms with van der Waals surface area (Å²) in [7, 11) is -1.20. The van der Waals surface area contributed by atoms with E-state index in [1.54, 1.807) is 6.07 Å². The Bertz CT molecular complexity index is 268. The van der Waals surface area contributed by atoms with Crippen LogP contribution in [0.2, 0.25) is 19.6 Å². The number of rotatable bonds is 3. The van der Waals surface area contributed by atoms with E-state index in [0.717, 1.165) is 6.23 Å². The molecule has 0 aliphatic heterocycles. The zero-order valence-electron chi connectivity index (χ0n) is 8.17. The molecule has 4 heteroatoms. The number of hydrogen-bond donors (Lipinski definition) is 0. The first kappa shape index (κ1) is 10.2. The lowest BCUT2D eigenvalue weighted by molar-refractivity contribution is 0.374. The van der Waals surface area contributed by atoms with Gasteiger partial charge in [-0.2, -0.15) is 4.39 Å². The van der Waals surface area contributed by atoms with Crippen LogP contribution in [0.1, 0.15) is 0 Å². The molecule has 0 spiro atoms. The maximum absolute atomic E-state index is 12.4. The first-order valence-electron chi connectivity index (χ1n) is 4.22. The zero-order chi connectivity index (χ0) is 9.90. The van der Waals surface area contributed by atoms with Gasteiger partial charge in [0, 0.05) is 0 Å². The highest BCUT2D eigenvalue weighted by molar-refractivity contribution is 6.76. The van der Waals surface area contributed by atoms with Gasteiger partial charge in [-0.25, -0.2) is 4.98 Å². The van der Waals surface area contributed by atoms with Crippen LogP contribution < -0.4 is 4.74 Å². The topological polar surface area (TPSA) is 22.1 Å². The highest BCUT2D eigenvalue weighted by Crippen LogP contribution is 2.10. The second kappa shape index (κ2) is 3.87. The number of nitrogens with zero attached hydrogens (tertiary/aromatic N) is 1. The van der Waals surface area contributed by atoms with E-state index in [2.05, 4.69) is 24.6 Å². The predicted molar refractivity (Wildman–Crippen MR) is 53.0 cm³/mol. The minimum atomic E-state index is -1.20. The highest BCUT2D eigenvalue weighted by Gasteiger charge is 2.13. The van der Waals surface area contributed by atoms with Crippen molar-refractivity contribution in [1.29, 1.82) is 0 Å².